The van der Waals surface area contributed by atoms with E-state index in [1.807, 2.05) is 4.90 Å². The monoisotopic (exact) mass is 441 g/mol. The number of hydrogen-bond acceptors (Lipinski definition) is 8. The van der Waals surface area contributed by atoms with Crippen molar-refractivity contribution in [3.63, 3.8) is 0 Å². The van der Waals surface area contributed by atoms with Gasteiger partial charge in [-0.2, -0.15) is 0 Å². The van der Waals surface area contributed by atoms with E-state index in [1.54, 1.807) is 12.4 Å². The Hall–Kier alpha value is -1.94. The predicted octanol–water partition coefficient (Wildman–Crippen LogP) is 3.05. The smallest absolute Gasteiger partial charge is 0.232 e. The van der Waals surface area contributed by atoms with Gasteiger partial charge in [-0.1, -0.05) is 11.3 Å². The second kappa shape index (κ2) is 7.05. The van der Waals surface area contributed by atoms with Gasteiger partial charge in [0.05, 0.1) is 11.8 Å². The molecule has 1 aliphatic heterocycles. The summed E-state index contributed by atoms with van der Waals surface area (Å²) in [4.78, 5) is 16.6. The topological polar surface area (TPSA) is 111 Å². The molecule has 0 aromatic carbocycles. The zero-order chi connectivity index (χ0) is 20.4. The Morgan fingerprint density at radius 2 is 1.90 bits per heavy atom. The Balaban J connectivity index is 1.39. The van der Waals surface area contributed by atoms with Crippen molar-refractivity contribution in [2.75, 3.05) is 23.7 Å². The first-order valence-corrected chi connectivity index (χ1v) is 12.5. The average Bonchev–Trinajstić information content (AvgIpc) is 3.47. The Morgan fingerprint density at radius 3 is 2.50 bits per heavy atom. The van der Waals surface area contributed by atoms with Crippen molar-refractivity contribution in [2.45, 2.75) is 53.6 Å². The average molecular weight is 442 g/mol. The minimum absolute atomic E-state index is 0.241. The number of β-amino-alcohol motifs (C(OH)–C–C–N with tert-alkyl or cyclic N) is 1. The van der Waals surface area contributed by atoms with Crippen molar-refractivity contribution in [1.82, 2.24) is 15.0 Å². The van der Waals surface area contributed by atoms with Crippen LogP contribution in [0.3, 0.4) is 0 Å². The summed E-state index contributed by atoms with van der Waals surface area (Å²) in [7, 11) is 0. The van der Waals surface area contributed by atoms with E-state index >= 15 is 0 Å². The van der Waals surface area contributed by atoms with Gasteiger partial charge >= 0.3 is 0 Å². The molecule has 156 valence electrons. The van der Waals surface area contributed by atoms with Crippen LogP contribution in [0.1, 0.15) is 43.6 Å². The molecule has 0 spiro atoms. The number of aliphatic hydroxyl groups is 1. The van der Waals surface area contributed by atoms with Gasteiger partial charge in [-0.05, 0) is 49.7 Å². The van der Waals surface area contributed by atoms with Crippen molar-refractivity contribution in [2.24, 2.45) is 0 Å². The molecule has 9 heteroatoms. The molecule has 1 atom stereocenters. The molecule has 3 aromatic rings. The predicted molar refractivity (Wildman–Crippen MR) is 119 cm³/mol. The Kier molecular flexibility index (Phi) is 4.42. The van der Waals surface area contributed by atoms with Crippen molar-refractivity contribution >= 4 is 44.4 Å². The van der Waals surface area contributed by atoms with Crippen LogP contribution in [0.25, 0.3) is 21.5 Å². The third kappa shape index (κ3) is 3.07. The van der Waals surface area contributed by atoms with E-state index in [-0.39, 0.29) is 11.4 Å². The third-order valence-corrected chi connectivity index (χ3v) is 9.63. The van der Waals surface area contributed by atoms with Crippen molar-refractivity contribution in [3.05, 3.63) is 24.0 Å². The maximum atomic E-state index is 13.0. The summed E-state index contributed by atoms with van der Waals surface area (Å²) >= 11 is 0.445. The summed E-state index contributed by atoms with van der Waals surface area (Å²) in [6, 6.07) is 2.12. The Labute approximate surface area is 181 Å². The normalized spacial score (nSPS) is 20.9. The molecule has 0 bridgehead atoms. The molecule has 2 aliphatic carbocycles. The summed E-state index contributed by atoms with van der Waals surface area (Å²) in [5.41, 5.74) is 10.1. The first-order chi connectivity index (χ1) is 14.6. The number of fused-ring (bicyclic) bond motifs is 1. The van der Waals surface area contributed by atoms with E-state index in [9.17, 15) is 9.66 Å². The van der Waals surface area contributed by atoms with E-state index < -0.39 is 11.2 Å². The fourth-order valence-corrected chi connectivity index (χ4v) is 7.33. The number of nitrogens with two attached hydrogens (primary N) is 1. The lowest BCUT2D eigenvalue weighted by Gasteiger charge is -2.35. The molecule has 3 fully saturated rings. The highest BCUT2D eigenvalue weighted by Crippen LogP contribution is 2.49. The van der Waals surface area contributed by atoms with Gasteiger partial charge in [0.25, 0.3) is 0 Å². The fraction of sp³-hybridized carbons (Fsp3) is 0.476. The molecule has 4 heterocycles. The molecule has 3 aliphatic rings. The first kappa shape index (κ1) is 18.8. The fourth-order valence-electron chi connectivity index (χ4n) is 4.12. The van der Waals surface area contributed by atoms with Crippen LogP contribution in [0.2, 0.25) is 0 Å². The van der Waals surface area contributed by atoms with Crippen LogP contribution in [0.15, 0.2) is 22.7 Å². The molecule has 6 rings (SSSR count). The van der Waals surface area contributed by atoms with E-state index in [2.05, 4.69) is 16.0 Å². The van der Waals surface area contributed by atoms with E-state index in [0.29, 0.717) is 30.6 Å². The number of aliphatic hydroxyl groups excluding tert-OH is 1. The molecule has 0 amide bonds. The van der Waals surface area contributed by atoms with E-state index in [0.717, 1.165) is 57.8 Å². The van der Waals surface area contributed by atoms with Gasteiger partial charge < -0.3 is 20.3 Å². The quantitative estimate of drug-likeness (QED) is 0.585. The number of nitrogen functional groups attached to an aromatic ring is 1. The second-order valence-corrected chi connectivity index (χ2v) is 11.5. The molecule has 3 aromatic heterocycles. The lowest BCUT2D eigenvalue weighted by molar-refractivity contribution is 0.140. The maximum Gasteiger partial charge on any atom is 0.232 e. The van der Waals surface area contributed by atoms with Crippen LogP contribution in [-0.2, 0) is 11.2 Å². The van der Waals surface area contributed by atoms with Gasteiger partial charge in [0.1, 0.15) is 15.8 Å². The number of rotatable bonds is 5. The summed E-state index contributed by atoms with van der Waals surface area (Å²) in [6.07, 6.45) is 8.80. The van der Waals surface area contributed by atoms with Crippen molar-refractivity contribution in [1.29, 1.82) is 0 Å². The molecular weight excluding hydrogens is 418 g/mol. The summed E-state index contributed by atoms with van der Waals surface area (Å²) < 4.78 is 13.8. The van der Waals surface area contributed by atoms with Crippen LogP contribution >= 0.6 is 11.3 Å². The van der Waals surface area contributed by atoms with Crippen LogP contribution < -0.4 is 10.6 Å². The highest BCUT2D eigenvalue weighted by molar-refractivity contribution is 7.94. The van der Waals surface area contributed by atoms with Crippen molar-refractivity contribution < 1.29 is 9.66 Å². The van der Waals surface area contributed by atoms with E-state index in [4.69, 9.17) is 10.7 Å². The number of aromatic nitrogens is 3. The van der Waals surface area contributed by atoms with Gasteiger partial charge in [-0.25, -0.2) is 15.0 Å². The Morgan fingerprint density at radius 1 is 1.17 bits per heavy atom. The van der Waals surface area contributed by atoms with Crippen LogP contribution in [0.5, 0.6) is 0 Å². The highest BCUT2D eigenvalue weighted by Gasteiger charge is 2.36. The number of thiophene rings is 1. The van der Waals surface area contributed by atoms with Gasteiger partial charge in [-0.15, -0.1) is 0 Å². The number of hydrogen-bond donors (Lipinski definition) is 2. The first-order valence-electron chi connectivity index (χ1n) is 10.5. The molecule has 2 saturated carbocycles. The molecule has 1 saturated heterocycles. The molecule has 0 radical (unpaired) electrons. The third-order valence-electron chi connectivity index (χ3n) is 6.33. The van der Waals surface area contributed by atoms with Crippen molar-refractivity contribution in [3.8, 4) is 11.3 Å². The summed E-state index contributed by atoms with van der Waals surface area (Å²) in [5.74, 6) is 1.13. The zero-order valence-electron chi connectivity index (χ0n) is 16.5. The van der Waals surface area contributed by atoms with Crippen LogP contribution in [0, 0.1) is 0 Å². The lowest BCUT2D eigenvalue weighted by atomic mass is 10.00. The highest BCUT2D eigenvalue weighted by atomic mass is 32.2. The Bertz CT molecular complexity index is 1100. The van der Waals surface area contributed by atoms with Crippen LogP contribution in [-0.4, -0.2) is 49.1 Å². The van der Waals surface area contributed by atoms with Gasteiger partial charge in [0.15, 0.2) is 0 Å². The number of nitrogens with zero attached hydrogens (tertiary/aromatic N) is 4. The zero-order valence-corrected chi connectivity index (χ0v) is 18.1. The van der Waals surface area contributed by atoms with E-state index in [1.165, 1.54) is 16.9 Å². The molecular formula is C21H23N5O2S2. The molecule has 1 unspecified atom stereocenters. The molecule has 30 heavy (non-hydrogen) atoms. The number of anilines is 2. The number of pyridine rings is 1. The maximum absolute atomic E-state index is 13.0. The van der Waals surface area contributed by atoms with Gasteiger partial charge in [0.2, 0.25) is 10.2 Å². The van der Waals surface area contributed by atoms with Gasteiger partial charge in [0, 0.05) is 47.6 Å². The molecule has 7 nitrogen and oxygen atoms in total. The largest absolute Gasteiger partial charge is 0.611 e. The molecule has 3 N–H and O–H groups in total. The van der Waals surface area contributed by atoms with Crippen LogP contribution in [0.4, 0.5) is 11.6 Å². The minimum Gasteiger partial charge on any atom is -0.611 e. The summed E-state index contributed by atoms with van der Waals surface area (Å²) in [5, 5.41) is 10.7. The van der Waals surface area contributed by atoms with Gasteiger partial charge in [-0.3, -0.25) is 0 Å². The summed E-state index contributed by atoms with van der Waals surface area (Å²) in [6.45, 7) is 1.15. The lowest BCUT2D eigenvalue weighted by Crippen LogP contribution is -2.51. The standard InChI is InChI=1S/C21H23N5O2S2/c22-18-17-15(11-4-5-11)6-16(12-7-23-21(24-8-12)26-9-13(27)10-26)25-19(17)29-20(18)30(28)14-2-1-3-14/h6-8,11,13-14,27H,1-5,9-10,22H2. The second-order valence-electron chi connectivity index (χ2n) is 8.54. The minimum atomic E-state index is -1.04. The SMILES string of the molecule is Nc1c([S+]([O-])C2CCC2)sc2nc(-c3cnc(N4CC(O)C4)nc3)cc(C3CC3)c12.